The molecule has 1 aliphatic heterocycles. The van der Waals surface area contributed by atoms with Crippen LogP contribution in [-0.4, -0.2) is 36.4 Å². The molecule has 8 heteroatoms. The van der Waals surface area contributed by atoms with Crippen LogP contribution in [0.1, 0.15) is 12.5 Å². The third kappa shape index (κ3) is 4.10. The Kier molecular flexibility index (Phi) is 5.05. The third-order valence-corrected chi connectivity index (χ3v) is 3.57. The van der Waals surface area contributed by atoms with Crippen LogP contribution in [0.25, 0.3) is 0 Å². The normalized spacial score (nSPS) is 21.7. The van der Waals surface area contributed by atoms with Crippen LogP contribution in [0.3, 0.4) is 0 Å². The van der Waals surface area contributed by atoms with E-state index in [1.165, 1.54) is 6.92 Å². The van der Waals surface area contributed by atoms with Crippen molar-refractivity contribution in [2.75, 3.05) is 6.61 Å². The average molecular weight is 326 g/mol. The summed E-state index contributed by atoms with van der Waals surface area (Å²) in [5.74, 6) is -4.05. The number of nitrogens with one attached hydrogen (secondary N) is 1. The van der Waals surface area contributed by atoms with Crippen molar-refractivity contribution in [2.24, 2.45) is 11.7 Å². The van der Waals surface area contributed by atoms with Crippen molar-refractivity contribution in [3.63, 3.8) is 0 Å². The molecule has 1 aromatic carbocycles. The van der Waals surface area contributed by atoms with E-state index in [0.717, 1.165) is 12.1 Å². The SMILES string of the molecule is C[C@H](NC(=O)Cc1cc(F)cc(F)c1)C(=O)C1COC(=O)C1N. The lowest BCUT2D eigenvalue weighted by Gasteiger charge is -2.17. The lowest BCUT2D eigenvalue weighted by atomic mass is 9.94. The van der Waals surface area contributed by atoms with E-state index in [-0.39, 0.29) is 18.6 Å². The molecule has 0 spiro atoms. The summed E-state index contributed by atoms with van der Waals surface area (Å²) in [7, 11) is 0. The summed E-state index contributed by atoms with van der Waals surface area (Å²) in [5, 5.41) is 2.42. The largest absolute Gasteiger partial charge is 0.464 e. The molecule has 1 aliphatic rings. The minimum absolute atomic E-state index is 0.117. The van der Waals surface area contributed by atoms with E-state index in [2.05, 4.69) is 5.32 Å². The van der Waals surface area contributed by atoms with E-state index in [4.69, 9.17) is 10.5 Å². The van der Waals surface area contributed by atoms with Gasteiger partial charge in [0.15, 0.2) is 5.78 Å². The fraction of sp³-hybridized carbons (Fsp3) is 0.400. The molecule has 3 atom stereocenters. The summed E-state index contributed by atoms with van der Waals surface area (Å²) in [6.45, 7) is 1.33. The molecule has 1 fully saturated rings. The fourth-order valence-corrected chi connectivity index (χ4v) is 2.38. The molecule has 124 valence electrons. The van der Waals surface area contributed by atoms with Gasteiger partial charge < -0.3 is 15.8 Å². The Hall–Kier alpha value is -2.35. The van der Waals surface area contributed by atoms with Gasteiger partial charge in [-0.15, -0.1) is 0 Å². The lowest BCUT2D eigenvalue weighted by Crippen LogP contribution is -2.47. The number of carbonyl (C=O) groups excluding carboxylic acids is 3. The number of carbonyl (C=O) groups is 3. The molecular weight excluding hydrogens is 310 g/mol. The summed E-state index contributed by atoms with van der Waals surface area (Å²) < 4.78 is 30.8. The zero-order valence-electron chi connectivity index (χ0n) is 12.3. The number of ketones is 1. The molecule has 0 saturated carbocycles. The highest BCUT2D eigenvalue weighted by molar-refractivity contribution is 5.96. The Morgan fingerprint density at radius 1 is 1.35 bits per heavy atom. The van der Waals surface area contributed by atoms with Gasteiger partial charge in [-0.3, -0.25) is 14.4 Å². The van der Waals surface area contributed by atoms with Crippen molar-refractivity contribution in [2.45, 2.75) is 25.4 Å². The van der Waals surface area contributed by atoms with E-state index in [1.54, 1.807) is 0 Å². The zero-order valence-corrected chi connectivity index (χ0v) is 12.3. The van der Waals surface area contributed by atoms with Crippen molar-refractivity contribution >= 4 is 17.7 Å². The van der Waals surface area contributed by atoms with Crippen LogP contribution in [-0.2, 0) is 25.5 Å². The third-order valence-electron chi connectivity index (χ3n) is 3.57. The standard InChI is InChI=1S/C15H16F2N2O4/c1-7(14(21)11-6-23-15(22)13(11)18)19-12(20)4-8-2-9(16)5-10(17)3-8/h2-3,5,7,11,13H,4,6,18H2,1H3,(H,19,20)/t7-,11?,13?/m0/s1. The minimum atomic E-state index is -1.04. The first-order valence-electron chi connectivity index (χ1n) is 6.98. The van der Waals surface area contributed by atoms with Gasteiger partial charge in [-0.05, 0) is 24.6 Å². The van der Waals surface area contributed by atoms with Crippen molar-refractivity contribution in [3.05, 3.63) is 35.4 Å². The predicted octanol–water partition coefficient (Wildman–Crippen LogP) is 0.0814. The van der Waals surface area contributed by atoms with Crippen LogP contribution in [0, 0.1) is 17.6 Å². The van der Waals surface area contributed by atoms with E-state index >= 15 is 0 Å². The molecule has 23 heavy (non-hydrogen) atoms. The molecule has 0 aromatic heterocycles. The number of Topliss-reactive ketones (excluding diaryl/α,β-unsaturated/α-hetero) is 1. The quantitative estimate of drug-likeness (QED) is 0.747. The van der Waals surface area contributed by atoms with Crippen molar-refractivity contribution in [1.29, 1.82) is 0 Å². The number of ether oxygens (including phenoxy) is 1. The van der Waals surface area contributed by atoms with E-state index in [1.807, 2.05) is 0 Å². The maximum absolute atomic E-state index is 13.1. The maximum atomic E-state index is 13.1. The van der Waals surface area contributed by atoms with Gasteiger partial charge in [0.2, 0.25) is 5.91 Å². The molecule has 1 amide bonds. The highest BCUT2D eigenvalue weighted by Crippen LogP contribution is 2.16. The number of amides is 1. The van der Waals surface area contributed by atoms with Gasteiger partial charge >= 0.3 is 5.97 Å². The first-order chi connectivity index (χ1) is 10.8. The first kappa shape index (κ1) is 17.0. The van der Waals surface area contributed by atoms with Crippen LogP contribution in [0.2, 0.25) is 0 Å². The summed E-state index contributed by atoms with van der Waals surface area (Å²) in [5.41, 5.74) is 5.71. The summed E-state index contributed by atoms with van der Waals surface area (Å²) >= 11 is 0. The number of nitrogens with two attached hydrogens (primary N) is 1. The minimum Gasteiger partial charge on any atom is -0.464 e. The Morgan fingerprint density at radius 3 is 2.48 bits per heavy atom. The molecule has 2 rings (SSSR count). The maximum Gasteiger partial charge on any atom is 0.323 e. The number of halogens is 2. The second-order valence-corrected chi connectivity index (χ2v) is 5.41. The molecule has 1 aromatic rings. The van der Waals surface area contributed by atoms with Gasteiger partial charge in [0.25, 0.3) is 0 Å². The monoisotopic (exact) mass is 326 g/mol. The van der Waals surface area contributed by atoms with Crippen LogP contribution in [0.5, 0.6) is 0 Å². The Bertz CT molecular complexity index is 630. The number of hydrogen-bond acceptors (Lipinski definition) is 5. The molecule has 2 unspecified atom stereocenters. The highest BCUT2D eigenvalue weighted by atomic mass is 19.1. The molecule has 6 nitrogen and oxygen atoms in total. The van der Waals surface area contributed by atoms with Gasteiger partial charge in [0.1, 0.15) is 24.3 Å². The van der Waals surface area contributed by atoms with E-state index in [9.17, 15) is 23.2 Å². The second kappa shape index (κ2) is 6.82. The van der Waals surface area contributed by atoms with Crippen molar-refractivity contribution in [3.8, 4) is 0 Å². The molecule has 0 radical (unpaired) electrons. The predicted molar refractivity (Wildman–Crippen MR) is 75.1 cm³/mol. The molecule has 0 aliphatic carbocycles. The zero-order chi connectivity index (χ0) is 17.1. The molecule has 3 N–H and O–H groups in total. The van der Waals surface area contributed by atoms with Gasteiger partial charge in [0, 0.05) is 6.07 Å². The lowest BCUT2D eigenvalue weighted by molar-refractivity contribution is -0.139. The number of rotatable bonds is 5. The van der Waals surface area contributed by atoms with E-state index in [0.29, 0.717) is 6.07 Å². The number of benzene rings is 1. The smallest absolute Gasteiger partial charge is 0.323 e. The molecule has 0 bridgehead atoms. The summed E-state index contributed by atoms with van der Waals surface area (Å²) in [6, 6.07) is 0.834. The van der Waals surface area contributed by atoms with Gasteiger partial charge in [-0.25, -0.2) is 8.78 Å². The number of esters is 1. The molecule has 1 saturated heterocycles. The summed E-state index contributed by atoms with van der Waals surface area (Å²) in [6.07, 6.45) is -0.279. The Balaban J connectivity index is 1.94. The second-order valence-electron chi connectivity index (χ2n) is 5.41. The van der Waals surface area contributed by atoms with Crippen molar-refractivity contribution in [1.82, 2.24) is 5.32 Å². The van der Waals surface area contributed by atoms with Crippen LogP contribution in [0.4, 0.5) is 8.78 Å². The Morgan fingerprint density at radius 2 is 1.96 bits per heavy atom. The first-order valence-corrected chi connectivity index (χ1v) is 6.98. The van der Waals surface area contributed by atoms with Crippen molar-refractivity contribution < 1.29 is 27.9 Å². The Labute approximate surface area is 131 Å². The fourth-order valence-electron chi connectivity index (χ4n) is 2.38. The van der Waals surface area contributed by atoms with Crippen LogP contribution in [0.15, 0.2) is 18.2 Å². The molecular formula is C15H16F2N2O4. The van der Waals surface area contributed by atoms with Gasteiger partial charge in [-0.1, -0.05) is 0 Å². The molecule has 1 heterocycles. The van der Waals surface area contributed by atoms with Gasteiger partial charge in [-0.2, -0.15) is 0 Å². The van der Waals surface area contributed by atoms with Crippen LogP contribution >= 0.6 is 0 Å². The topological polar surface area (TPSA) is 98.5 Å². The summed E-state index contributed by atoms with van der Waals surface area (Å²) in [4.78, 5) is 35.2. The average Bonchev–Trinajstić information content (AvgIpc) is 2.76. The number of cyclic esters (lactones) is 1. The van der Waals surface area contributed by atoms with Gasteiger partial charge in [0.05, 0.1) is 18.4 Å². The highest BCUT2D eigenvalue weighted by Gasteiger charge is 2.40. The van der Waals surface area contributed by atoms with Crippen LogP contribution < -0.4 is 11.1 Å². The van der Waals surface area contributed by atoms with E-state index < -0.39 is 47.3 Å². The number of hydrogen-bond donors (Lipinski definition) is 2.